The van der Waals surface area contributed by atoms with Gasteiger partial charge in [0.05, 0.1) is 6.33 Å². The molecule has 0 aliphatic carbocycles. The fourth-order valence-electron chi connectivity index (χ4n) is 1.77. The lowest BCUT2D eigenvalue weighted by Gasteiger charge is -2.26. The second-order valence-electron chi connectivity index (χ2n) is 4.09. The molecule has 17 heavy (non-hydrogen) atoms. The Hall–Kier alpha value is -0.630. The summed E-state index contributed by atoms with van der Waals surface area (Å²) in [6.07, 6.45) is 4.52. The summed E-state index contributed by atoms with van der Waals surface area (Å²) >= 11 is 5.87. The molecule has 0 radical (unpaired) electrons. The predicted molar refractivity (Wildman–Crippen MR) is 64.0 cm³/mol. The first-order valence-electron chi connectivity index (χ1n) is 5.45. The summed E-state index contributed by atoms with van der Waals surface area (Å²) in [4.78, 5) is 6.32. The van der Waals surface area contributed by atoms with Gasteiger partial charge >= 0.3 is 0 Å². The first-order valence-corrected chi connectivity index (χ1v) is 7.31. The quantitative estimate of drug-likeness (QED) is 0.886. The Bertz CT molecular complexity index is 493. The molecule has 0 aromatic carbocycles. The van der Waals surface area contributed by atoms with E-state index >= 15 is 0 Å². The molecule has 0 bridgehead atoms. The molecule has 1 aliphatic heterocycles. The van der Waals surface area contributed by atoms with Crippen molar-refractivity contribution in [3.8, 4) is 0 Å². The highest BCUT2D eigenvalue weighted by atomic mass is 35.5. The van der Waals surface area contributed by atoms with E-state index in [0.717, 1.165) is 32.4 Å². The van der Waals surface area contributed by atoms with Crippen molar-refractivity contribution in [2.45, 2.75) is 24.3 Å². The first-order chi connectivity index (χ1) is 8.00. The van der Waals surface area contributed by atoms with E-state index in [1.165, 1.54) is 10.9 Å². The normalized spacial score (nSPS) is 18.5. The van der Waals surface area contributed by atoms with Gasteiger partial charge in [0.15, 0.2) is 0 Å². The minimum atomic E-state index is -3.66. The van der Waals surface area contributed by atoms with Crippen molar-refractivity contribution >= 4 is 21.6 Å². The minimum absolute atomic E-state index is 0.118. The second kappa shape index (κ2) is 4.93. The largest absolute Gasteiger partial charge is 0.324 e. The number of aromatic nitrogens is 2. The van der Waals surface area contributed by atoms with Gasteiger partial charge in [-0.1, -0.05) is 18.0 Å². The molecule has 1 N–H and O–H groups in total. The molecular formula is C9H15ClN4O2S. The third-order valence-electron chi connectivity index (χ3n) is 2.69. The monoisotopic (exact) mass is 278 g/mol. The summed E-state index contributed by atoms with van der Waals surface area (Å²) in [6, 6.07) is 0. The van der Waals surface area contributed by atoms with Crippen LogP contribution >= 0.6 is 11.6 Å². The second-order valence-corrected chi connectivity index (χ2v) is 6.03. The van der Waals surface area contributed by atoms with Crippen molar-refractivity contribution in [3.05, 3.63) is 11.5 Å². The highest BCUT2D eigenvalue weighted by molar-refractivity contribution is 7.89. The average Bonchev–Trinajstić information content (AvgIpc) is 2.61. The van der Waals surface area contributed by atoms with Crippen LogP contribution in [-0.4, -0.2) is 36.1 Å². The van der Waals surface area contributed by atoms with Crippen molar-refractivity contribution in [2.24, 2.45) is 7.05 Å². The molecular weight excluding hydrogens is 264 g/mol. The van der Waals surface area contributed by atoms with Crippen molar-refractivity contribution in [3.63, 3.8) is 0 Å². The molecule has 2 rings (SSSR count). The molecule has 1 saturated heterocycles. The van der Waals surface area contributed by atoms with E-state index in [1.807, 2.05) is 0 Å². The lowest BCUT2D eigenvalue weighted by molar-refractivity contribution is 0.199. The topological polar surface area (TPSA) is 67.2 Å². The van der Waals surface area contributed by atoms with Crippen LogP contribution in [0.15, 0.2) is 11.4 Å². The molecule has 8 heteroatoms. The zero-order valence-corrected chi connectivity index (χ0v) is 11.1. The average molecular weight is 279 g/mol. The number of rotatable bonds is 3. The summed E-state index contributed by atoms with van der Waals surface area (Å²) in [5, 5.41) is 1.70. The molecule has 0 unspecified atom stereocenters. The molecule has 2 heterocycles. The number of hydrazine groups is 1. The number of sulfonamides is 1. The van der Waals surface area contributed by atoms with Gasteiger partial charge < -0.3 is 4.57 Å². The van der Waals surface area contributed by atoms with Gasteiger partial charge in [0.25, 0.3) is 10.0 Å². The van der Waals surface area contributed by atoms with Crippen LogP contribution in [0.5, 0.6) is 0 Å². The number of hydrogen-bond acceptors (Lipinski definition) is 4. The van der Waals surface area contributed by atoms with Gasteiger partial charge in [-0.15, -0.1) is 4.83 Å². The van der Waals surface area contributed by atoms with E-state index in [0.29, 0.717) is 0 Å². The number of imidazole rings is 1. The van der Waals surface area contributed by atoms with Crippen molar-refractivity contribution in [2.75, 3.05) is 13.1 Å². The number of piperidine rings is 1. The predicted octanol–water partition coefficient (Wildman–Crippen LogP) is 0.753. The Kier molecular flexibility index (Phi) is 3.72. The van der Waals surface area contributed by atoms with Crippen LogP contribution in [0.4, 0.5) is 0 Å². The highest BCUT2D eigenvalue weighted by Gasteiger charge is 2.25. The number of aryl methyl sites for hydroxylation is 1. The summed E-state index contributed by atoms with van der Waals surface area (Å²) in [7, 11) is -2.01. The summed E-state index contributed by atoms with van der Waals surface area (Å²) in [5.41, 5.74) is 0. The first kappa shape index (κ1) is 12.8. The molecule has 6 nitrogen and oxygen atoms in total. The molecule has 1 aromatic rings. The van der Waals surface area contributed by atoms with Gasteiger partial charge in [0.2, 0.25) is 5.03 Å². The highest BCUT2D eigenvalue weighted by Crippen LogP contribution is 2.19. The number of nitrogens with zero attached hydrogens (tertiary/aromatic N) is 3. The minimum Gasteiger partial charge on any atom is -0.324 e. The Balaban J connectivity index is 2.16. The van der Waals surface area contributed by atoms with Gasteiger partial charge in [-0.05, 0) is 12.8 Å². The SMILES string of the molecule is Cn1cnc(S(=O)(=O)NN2CCCCC2)c1Cl. The zero-order chi connectivity index (χ0) is 12.5. The molecule has 1 fully saturated rings. The molecule has 0 spiro atoms. The third kappa shape index (κ3) is 2.79. The third-order valence-corrected chi connectivity index (χ3v) is 4.56. The Morgan fingerprint density at radius 2 is 2.00 bits per heavy atom. The van der Waals surface area contributed by atoms with Crippen LogP contribution in [0.25, 0.3) is 0 Å². The summed E-state index contributed by atoms with van der Waals surface area (Å²) in [5.74, 6) is 0. The van der Waals surface area contributed by atoms with Gasteiger partial charge in [0.1, 0.15) is 5.15 Å². The van der Waals surface area contributed by atoms with Crippen molar-refractivity contribution in [1.82, 2.24) is 19.4 Å². The molecule has 0 atom stereocenters. The van der Waals surface area contributed by atoms with Crippen LogP contribution in [0.2, 0.25) is 5.15 Å². The van der Waals surface area contributed by atoms with Gasteiger partial charge in [-0.25, -0.2) is 18.4 Å². The van der Waals surface area contributed by atoms with Crippen LogP contribution in [0, 0.1) is 0 Å². The van der Waals surface area contributed by atoms with Crippen molar-refractivity contribution < 1.29 is 8.42 Å². The Morgan fingerprint density at radius 3 is 2.53 bits per heavy atom. The van der Waals surface area contributed by atoms with Gasteiger partial charge in [0, 0.05) is 20.1 Å². The molecule has 1 aliphatic rings. The van der Waals surface area contributed by atoms with E-state index in [4.69, 9.17) is 11.6 Å². The van der Waals surface area contributed by atoms with E-state index in [2.05, 4.69) is 9.82 Å². The van der Waals surface area contributed by atoms with Crippen LogP contribution in [0.3, 0.4) is 0 Å². The van der Waals surface area contributed by atoms with E-state index < -0.39 is 10.0 Å². The number of nitrogens with one attached hydrogen (secondary N) is 1. The molecule has 96 valence electrons. The van der Waals surface area contributed by atoms with Crippen LogP contribution < -0.4 is 4.83 Å². The Morgan fingerprint density at radius 1 is 1.35 bits per heavy atom. The smallest absolute Gasteiger partial charge is 0.274 e. The lowest BCUT2D eigenvalue weighted by Crippen LogP contribution is -2.45. The van der Waals surface area contributed by atoms with Gasteiger partial charge in [-0.3, -0.25) is 0 Å². The van der Waals surface area contributed by atoms with E-state index in [1.54, 1.807) is 12.1 Å². The maximum Gasteiger partial charge on any atom is 0.274 e. The maximum absolute atomic E-state index is 12.0. The standard InChI is InChI=1S/C9H15ClN4O2S/c1-13-7-11-9(8(13)10)17(15,16)12-14-5-3-2-4-6-14/h7,12H,2-6H2,1H3. The van der Waals surface area contributed by atoms with Crippen LogP contribution in [0.1, 0.15) is 19.3 Å². The summed E-state index contributed by atoms with van der Waals surface area (Å²) in [6.45, 7) is 1.45. The van der Waals surface area contributed by atoms with Gasteiger partial charge in [-0.2, -0.15) is 0 Å². The lowest BCUT2D eigenvalue weighted by atomic mass is 10.2. The van der Waals surface area contributed by atoms with E-state index in [-0.39, 0.29) is 10.2 Å². The van der Waals surface area contributed by atoms with E-state index in [9.17, 15) is 8.42 Å². The Labute approximate surface area is 106 Å². The number of halogens is 1. The summed E-state index contributed by atoms with van der Waals surface area (Å²) < 4.78 is 25.5. The molecule has 0 amide bonds. The fourth-order valence-corrected chi connectivity index (χ4v) is 3.33. The van der Waals surface area contributed by atoms with Crippen molar-refractivity contribution in [1.29, 1.82) is 0 Å². The fraction of sp³-hybridized carbons (Fsp3) is 0.667. The number of hydrogen-bond donors (Lipinski definition) is 1. The zero-order valence-electron chi connectivity index (χ0n) is 9.56. The maximum atomic E-state index is 12.0. The molecule has 1 aromatic heterocycles. The van der Waals surface area contributed by atoms with Crippen LogP contribution in [-0.2, 0) is 17.1 Å². The molecule has 0 saturated carbocycles.